The molecule has 8 heteroatoms. The van der Waals surface area contributed by atoms with Gasteiger partial charge in [0.2, 0.25) is 11.8 Å². The van der Waals surface area contributed by atoms with E-state index in [4.69, 9.17) is 20.9 Å². The van der Waals surface area contributed by atoms with E-state index in [-0.39, 0.29) is 23.4 Å². The van der Waals surface area contributed by atoms with Gasteiger partial charge in [0, 0.05) is 13.1 Å². The first-order valence-electron chi connectivity index (χ1n) is 5.47. The van der Waals surface area contributed by atoms with Crippen LogP contribution in [0.2, 0.25) is 0 Å². The normalized spacial score (nSPS) is 9.94. The molecule has 0 saturated carbocycles. The highest BCUT2D eigenvalue weighted by Gasteiger charge is 2.18. The Kier molecular flexibility index (Phi) is 4.52. The highest BCUT2D eigenvalue weighted by molar-refractivity contribution is 5.73. The van der Waals surface area contributed by atoms with Gasteiger partial charge in [-0.1, -0.05) is 0 Å². The van der Waals surface area contributed by atoms with Crippen molar-refractivity contribution >= 4 is 17.7 Å². The standard InChI is InChI=1S/C10H17N5O3/c1-4-15(5-2)10(16)18-8-6(11)7(17-3)13-9(12)14-8/h4-5,11H2,1-3H3,(H2,12,13,14). The summed E-state index contributed by atoms with van der Waals surface area (Å²) in [6.07, 6.45) is -0.549. The van der Waals surface area contributed by atoms with Crippen LogP contribution >= 0.6 is 0 Å². The minimum absolute atomic E-state index is 0.0345. The van der Waals surface area contributed by atoms with Crippen LogP contribution in [-0.4, -0.2) is 41.2 Å². The minimum atomic E-state index is -0.549. The Bertz CT molecular complexity index is 434. The number of rotatable bonds is 4. The van der Waals surface area contributed by atoms with Crippen LogP contribution < -0.4 is 20.9 Å². The second-order valence-electron chi connectivity index (χ2n) is 3.35. The molecule has 18 heavy (non-hydrogen) atoms. The van der Waals surface area contributed by atoms with Gasteiger partial charge in [-0.05, 0) is 13.8 Å². The highest BCUT2D eigenvalue weighted by atomic mass is 16.6. The van der Waals surface area contributed by atoms with Crippen LogP contribution in [0.25, 0.3) is 0 Å². The first-order chi connectivity index (χ1) is 8.53. The molecule has 1 heterocycles. The molecule has 1 aromatic rings. The first kappa shape index (κ1) is 13.8. The number of amides is 1. The largest absolute Gasteiger partial charge is 0.479 e. The molecule has 1 rings (SSSR count). The number of carbonyl (C=O) groups is 1. The van der Waals surface area contributed by atoms with Crippen molar-refractivity contribution in [2.45, 2.75) is 13.8 Å². The lowest BCUT2D eigenvalue weighted by Gasteiger charge is -2.18. The molecule has 1 amide bonds. The lowest BCUT2D eigenvalue weighted by Crippen LogP contribution is -2.33. The van der Waals surface area contributed by atoms with Crippen molar-refractivity contribution < 1.29 is 14.3 Å². The molecule has 0 aliphatic rings. The van der Waals surface area contributed by atoms with Gasteiger partial charge in [0.05, 0.1) is 7.11 Å². The zero-order valence-electron chi connectivity index (χ0n) is 10.6. The van der Waals surface area contributed by atoms with Crippen molar-refractivity contribution in [3.8, 4) is 11.8 Å². The van der Waals surface area contributed by atoms with E-state index >= 15 is 0 Å². The summed E-state index contributed by atoms with van der Waals surface area (Å²) in [7, 11) is 1.38. The molecular weight excluding hydrogens is 238 g/mol. The quantitative estimate of drug-likeness (QED) is 0.803. The van der Waals surface area contributed by atoms with Crippen molar-refractivity contribution in [1.29, 1.82) is 0 Å². The molecule has 0 unspecified atom stereocenters. The van der Waals surface area contributed by atoms with Crippen LogP contribution in [0.1, 0.15) is 13.8 Å². The van der Waals surface area contributed by atoms with Gasteiger partial charge in [-0.2, -0.15) is 9.97 Å². The zero-order valence-corrected chi connectivity index (χ0v) is 10.6. The van der Waals surface area contributed by atoms with Gasteiger partial charge in [0.25, 0.3) is 5.88 Å². The van der Waals surface area contributed by atoms with Crippen LogP contribution in [0.4, 0.5) is 16.4 Å². The van der Waals surface area contributed by atoms with E-state index in [1.807, 2.05) is 13.8 Å². The Morgan fingerprint density at radius 1 is 1.22 bits per heavy atom. The second kappa shape index (κ2) is 5.89. The first-order valence-corrected chi connectivity index (χ1v) is 5.47. The van der Waals surface area contributed by atoms with Crippen molar-refractivity contribution in [3.05, 3.63) is 0 Å². The van der Waals surface area contributed by atoms with E-state index in [1.54, 1.807) is 0 Å². The summed E-state index contributed by atoms with van der Waals surface area (Å²) in [6, 6.07) is 0. The number of ether oxygens (including phenoxy) is 2. The molecule has 0 bridgehead atoms. The van der Waals surface area contributed by atoms with E-state index in [0.717, 1.165) is 0 Å². The molecule has 0 saturated heterocycles. The minimum Gasteiger partial charge on any atom is -0.479 e. The topological polar surface area (TPSA) is 117 Å². The maximum Gasteiger partial charge on any atom is 0.416 e. The number of nitrogen functional groups attached to an aromatic ring is 2. The molecule has 0 aliphatic carbocycles. The fraction of sp³-hybridized carbons (Fsp3) is 0.500. The predicted octanol–water partition coefficient (Wildman–Crippen LogP) is 0.490. The summed E-state index contributed by atoms with van der Waals surface area (Å²) < 4.78 is 9.96. The van der Waals surface area contributed by atoms with Crippen LogP contribution in [0.15, 0.2) is 0 Å². The molecule has 0 fully saturated rings. The third kappa shape index (κ3) is 2.90. The lowest BCUT2D eigenvalue weighted by atomic mass is 10.5. The Balaban J connectivity index is 2.97. The molecule has 0 aliphatic heterocycles. The van der Waals surface area contributed by atoms with Crippen LogP contribution in [0.3, 0.4) is 0 Å². The van der Waals surface area contributed by atoms with Crippen LogP contribution in [0.5, 0.6) is 11.8 Å². The fourth-order valence-electron chi connectivity index (χ4n) is 1.31. The van der Waals surface area contributed by atoms with Crippen molar-refractivity contribution in [3.63, 3.8) is 0 Å². The summed E-state index contributed by atoms with van der Waals surface area (Å²) in [5, 5.41) is 0. The van der Waals surface area contributed by atoms with Gasteiger partial charge in [-0.3, -0.25) is 0 Å². The second-order valence-corrected chi connectivity index (χ2v) is 3.35. The van der Waals surface area contributed by atoms with Crippen molar-refractivity contribution in [2.24, 2.45) is 0 Å². The van der Waals surface area contributed by atoms with Gasteiger partial charge in [0.15, 0.2) is 5.69 Å². The fourth-order valence-corrected chi connectivity index (χ4v) is 1.31. The van der Waals surface area contributed by atoms with E-state index in [1.165, 1.54) is 12.0 Å². The smallest absolute Gasteiger partial charge is 0.416 e. The lowest BCUT2D eigenvalue weighted by molar-refractivity contribution is 0.155. The number of hydrogen-bond acceptors (Lipinski definition) is 7. The Hall–Kier alpha value is -2.25. The van der Waals surface area contributed by atoms with Crippen molar-refractivity contribution in [2.75, 3.05) is 31.7 Å². The van der Waals surface area contributed by atoms with Crippen molar-refractivity contribution in [1.82, 2.24) is 14.9 Å². The highest BCUT2D eigenvalue weighted by Crippen LogP contribution is 2.28. The van der Waals surface area contributed by atoms with Crippen LogP contribution in [0, 0.1) is 0 Å². The Morgan fingerprint density at radius 2 is 1.78 bits per heavy atom. The number of carbonyl (C=O) groups excluding carboxylic acids is 1. The molecule has 8 nitrogen and oxygen atoms in total. The molecule has 0 atom stereocenters. The van der Waals surface area contributed by atoms with E-state index in [9.17, 15) is 4.79 Å². The van der Waals surface area contributed by atoms with Gasteiger partial charge in [-0.15, -0.1) is 0 Å². The Labute approximate surface area is 105 Å². The molecule has 0 spiro atoms. The van der Waals surface area contributed by atoms with Crippen LogP contribution in [-0.2, 0) is 0 Å². The maximum absolute atomic E-state index is 11.7. The molecule has 4 N–H and O–H groups in total. The van der Waals surface area contributed by atoms with Gasteiger partial charge in [-0.25, -0.2) is 4.79 Å². The molecule has 1 aromatic heterocycles. The number of hydrogen-bond donors (Lipinski definition) is 2. The number of aromatic nitrogens is 2. The maximum atomic E-state index is 11.7. The van der Waals surface area contributed by atoms with Gasteiger partial charge >= 0.3 is 6.09 Å². The number of nitrogens with zero attached hydrogens (tertiary/aromatic N) is 3. The molecular formula is C10H17N5O3. The van der Waals surface area contributed by atoms with E-state index < -0.39 is 6.09 Å². The zero-order chi connectivity index (χ0) is 13.7. The van der Waals surface area contributed by atoms with E-state index in [2.05, 4.69) is 9.97 Å². The average Bonchev–Trinajstić information content (AvgIpc) is 2.34. The summed E-state index contributed by atoms with van der Waals surface area (Å²) in [6.45, 7) is 4.71. The predicted molar refractivity (Wildman–Crippen MR) is 66.4 cm³/mol. The third-order valence-corrected chi connectivity index (χ3v) is 2.29. The number of methoxy groups -OCH3 is 1. The number of nitrogens with two attached hydrogens (primary N) is 2. The monoisotopic (exact) mass is 255 g/mol. The molecule has 0 aromatic carbocycles. The number of anilines is 2. The SMILES string of the molecule is CCN(CC)C(=O)Oc1nc(N)nc(OC)c1N. The summed E-state index contributed by atoms with van der Waals surface area (Å²) in [5.74, 6) is -0.107. The third-order valence-electron chi connectivity index (χ3n) is 2.29. The summed E-state index contributed by atoms with van der Waals surface area (Å²) in [5.41, 5.74) is 11.2. The average molecular weight is 255 g/mol. The molecule has 100 valence electrons. The summed E-state index contributed by atoms with van der Waals surface area (Å²) >= 11 is 0. The summed E-state index contributed by atoms with van der Waals surface area (Å²) in [4.78, 5) is 20.7. The van der Waals surface area contributed by atoms with Gasteiger partial charge in [0.1, 0.15) is 0 Å². The van der Waals surface area contributed by atoms with E-state index in [0.29, 0.717) is 13.1 Å². The van der Waals surface area contributed by atoms with Gasteiger partial charge < -0.3 is 25.8 Å². The Morgan fingerprint density at radius 3 is 2.28 bits per heavy atom. The molecule has 0 radical (unpaired) electrons.